The molecule has 1 aromatic carbocycles. The van der Waals surface area contributed by atoms with Crippen molar-refractivity contribution in [3.8, 4) is 0 Å². The van der Waals surface area contributed by atoms with E-state index in [-0.39, 0.29) is 12.1 Å². The average Bonchev–Trinajstić information content (AvgIpc) is 2.39. The maximum atomic E-state index is 5.74. The third kappa shape index (κ3) is 1.86. The lowest BCUT2D eigenvalue weighted by Crippen LogP contribution is -2.41. The van der Waals surface area contributed by atoms with Gasteiger partial charge in [-0.15, -0.1) is 0 Å². The van der Waals surface area contributed by atoms with Crippen LogP contribution in [0.5, 0.6) is 0 Å². The number of nitrogens with one attached hydrogen (secondary N) is 1. The largest absolute Gasteiger partial charge is 0.489 e. The first kappa shape index (κ1) is 10.2. The van der Waals surface area contributed by atoms with Gasteiger partial charge in [-0.3, -0.25) is 0 Å². The van der Waals surface area contributed by atoms with Gasteiger partial charge in [-0.05, 0) is 18.6 Å². The summed E-state index contributed by atoms with van der Waals surface area (Å²) in [4.78, 5) is 0. The zero-order chi connectivity index (χ0) is 11.7. The minimum atomic E-state index is 0.118. The van der Waals surface area contributed by atoms with Crippen molar-refractivity contribution in [2.24, 2.45) is 0 Å². The van der Waals surface area contributed by atoms with Gasteiger partial charge in [0.2, 0.25) is 0 Å². The second-order valence-electron chi connectivity index (χ2n) is 4.39. The highest BCUT2D eigenvalue weighted by Crippen LogP contribution is 2.23. The summed E-state index contributed by atoms with van der Waals surface area (Å²) < 4.78 is 5.74. The van der Waals surface area contributed by atoms with Gasteiger partial charge in [0.05, 0.1) is 11.7 Å². The minimum Gasteiger partial charge on any atom is -0.489 e. The number of benzene rings is 1. The van der Waals surface area contributed by atoms with E-state index in [0.29, 0.717) is 0 Å². The number of fused-ring (bicyclic) bond motifs is 1. The Bertz CT molecular complexity index is 513. The van der Waals surface area contributed by atoms with Crippen molar-refractivity contribution in [1.29, 1.82) is 0 Å². The van der Waals surface area contributed by atoms with E-state index in [1.807, 2.05) is 18.4 Å². The Morgan fingerprint density at radius 2 is 1.94 bits per heavy atom. The minimum absolute atomic E-state index is 0.118. The lowest BCUT2D eigenvalue weighted by molar-refractivity contribution is 0.152. The van der Waals surface area contributed by atoms with Gasteiger partial charge in [0.15, 0.2) is 0 Å². The molecule has 2 atom stereocenters. The zero-order valence-corrected chi connectivity index (χ0v) is 9.76. The Kier molecular flexibility index (Phi) is 2.48. The van der Waals surface area contributed by atoms with E-state index in [9.17, 15) is 0 Å². The first-order chi connectivity index (χ1) is 8.34. The molecule has 1 heterocycles. The van der Waals surface area contributed by atoms with Crippen molar-refractivity contribution in [2.75, 3.05) is 0 Å². The summed E-state index contributed by atoms with van der Waals surface area (Å²) in [5.74, 6) is 0. The molecule has 1 N–H and O–H groups in total. The van der Waals surface area contributed by atoms with Gasteiger partial charge >= 0.3 is 0 Å². The molecule has 86 valence electrons. The van der Waals surface area contributed by atoms with Crippen LogP contribution in [0.4, 0.5) is 0 Å². The molecule has 0 aromatic heterocycles. The van der Waals surface area contributed by atoms with Gasteiger partial charge in [0, 0.05) is 5.56 Å². The topological polar surface area (TPSA) is 21.3 Å². The van der Waals surface area contributed by atoms with Crippen molar-refractivity contribution in [3.05, 3.63) is 66.0 Å². The third-order valence-corrected chi connectivity index (χ3v) is 3.18. The van der Waals surface area contributed by atoms with Crippen LogP contribution in [0.15, 0.2) is 54.8 Å². The molecule has 2 nitrogen and oxygen atoms in total. The number of ether oxygens (including phenoxy) is 1. The highest BCUT2D eigenvalue weighted by molar-refractivity contribution is 5.67. The number of hydrogen-bond donors (Lipinski definition) is 1. The smallest absolute Gasteiger partial charge is 0.140 e. The van der Waals surface area contributed by atoms with E-state index < -0.39 is 0 Å². The molecule has 1 aliphatic heterocycles. The zero-order valence-electron chi connectivity index (χ0n) is 9.76. The molecule has 0 radical (unpaired) electrons. The fourth-order valence-electron chi connectivity index (χ4n) is 2.22. The van der Waals surface area contributed by atoms with Gasteiger partial charge in [0.1, 0.15) is 12.4 Å². The van der Waals surface area contributed by atoms with Gasteiger partial charge in [-0.25, -0.2) is 0 Å². The first-order valence-corrected chi connectivity index (χ1v) is 5.88. The van der Waals surface area contributed by atoms with Crippen LogP contribution in [0, 0.1) is 6.92 Å². The molecule has 1 aliphatic carbocycles. The average molecular weight is 225 g/mol. The summed E-state index contributed by atoms with van der Waals surface area (Å²) >= 11 is 0. The molecule has 2 aliphatic rings. The molecular formula is C15H15NO. The standard InChI is InChI=1S/C15H15NO/c1-11-6-2-3-7-12(11)14-10-17-15-9-5-4-8-13(15)16-14/h2-10,13,15-16H,1H3. The Balaban J connectivity index is 1.91. The fourth-order valence-corrected chi connectivity index (χ4v) is 2.22. The molecule has 0 saturated carbocycles. The molecule has 0 spiro atoms. The Morgan fingerprint density at radius 3 is 2.82 bits per heavy atom. The predicted molar refractivity (Wildman–Crippen MR) is 69.2 cm³/mol. The summed E-state index contributed by atoms with van der Waals surface area (Å²) in [5.41, 5.74) is 3.52. The molecule has 2 unspecified atom stereocenters. The van der Waals surface area contributed by atoms with Crippen molar-refractivity contribution < 1.29 is 4.74 Å². The van der Waals surface area contributed by atoms with Crippen LogP contribution in [-0.2, 0) is 4.74 Å². The molecule has 0 fully saturated rings. The second-order valence-corrected chi connectivity index (χ2v) is 4.39. The van der Waals surface area contributed by atoms with Gasteiger partial charge in [-0.1, -0.05) is 42.5 Å². The molecule has 2 heteroatoms. The summed E-state index contributed by atoms with van der Waals surface area (Å²) in [6.07, 6.45) is 10.2. The quantitative estimate of drug-likeness (QED) is 0.793. The fraction of sp³-hybridized carbons (Fsp3) is 0.200. The molecule has 1 aromatic rings. The Labute approximate surface area is 101 Å². The molecule has 0 amide bonds. The van der Waals surface area contributed by atoms with Crippen LogP contribution in [0.3, 0.4) is 0 Å². The van der Waals surface area contributed by atoms with Crippen LogP contribution in [-0.4, -0.2) is 12.1 Å². The maximum Gasteiger partial charge on any atom is 0.140 e. The predicted octanol–water partition coefficient (Wildman–Crippen LogP) is 2.78. The van der Waals surface area contributed by atoms with Crippen LogP contribution in [0.1, 0.15) is 11.1 Å². The van der Waals surface area contributed by atoms with E-state index in [4.69, 9.17) is 4.74 Å². The number of allylic oxidation sites excluding steroid dienone is 2. The van der Waals surface area contributed by atoms with Crippen molar-refractivity contribution >= 4 is 5.70 Å². The summed E-state index contributed by atoms with van der Waals surface area (Å²) in [5, 5.41) is 3.51. The number of hydrogen-bond acceptors (Lipinski definition) is 2. The van der Waals surface area contributed by atoms with Crippen LogP contribution in [0.25, 0.3) is 5.70 Å². The van der Waals surface area contributed by atoms with Gasteiger partial charge in [-0.2, -0.15) is 0 Å². The van der Waals surface area contributed by atoms with E-state index in [1.54, 1.807) is 0 Å². The summed E-state index contributed by atoms with van der Waals surface area (Å²) in [6.45, 7) is 2.11. The molecular weight excluding hydrogens is 210 g/mol. The van der Waals surface area contributed by atoms with Crippen molar-refractivity contribution in [2.45, 2.75) is 19.1 Å². The monoisotopic (exact) mass is 225 g/mol. The summed E-state index contributed by atoms with van der Waals surface area (Å²) in [7, 11) is 0. The van der Waals surface area contributed by atoms with E-state index in [2.05, 4.69) is 48.7 Å². The van der Waals surface area contributed by atoms with Gasteiger partial charge in [0.25, 0.3) is 0 Å². The molecule has 17 heavy (non-hydrogen) atoms. The highest BCUT2D eigenvalue weighted by atomic mass is 16.5. The lowest BCUT2D eigenvalue weighted by atomic mass is 10.0. The molecule has 0 bridgehead atoms. The van der Waals surface area contributed by atoms with E-state index in [1.165, 1.54) is 11.1 Å². The maximum absolute atomic E-state index is 5.74. The van der Waals surface area contributed by atoms with Crippen LogP contribution < -0.4 is 5.32 Å². The van der Waals surface area contributed by atoms with Crippen molar-refractivity contribution in [3.63, 3.8) is 0 Å². The Hall–Kier alpha value is -1.96. The first-order valence-electron chi connectivity index (χ1n) is 5.88. The van der Waals surface area contributed by atoms with E-state index >= 15 is 0 Å². The van der Waals surface area contributed by atoms with Gasteiger partial charge < -0.3 is 10.1 Å². The van der Waals surface area contributed by atoms with Crippen LogP contribution in [0.2, 0.25) is 0 Å². The highest BCUT2D eigenvalue weighted by Gasteiger charge is 2.24. The molecule has 0 saturated heterocycles. The van der Waals surface area contributed by atoms with E-state index in [0.717, 1.165) is 5.70 Å². The summed E-state index contributed by atoms with van der Waals surface area (Å²) in [6, 6.07) is 8.56. The molecule has 3 rings (SSSR count). The number of aryl methyl sites for hydroxylation is 1. The Morgan fingerprint density at radius 1 is 1.12 bits per heavy atom. The van der Waals surface area contributed by atoms with Crippen LogP contribution >= 0.6 is 0 Å². The SMILES string of the molecule is Cc1ccccc1C1=COC2C=CC=CC2N1. The number of rotatable bonds is 1. The third-order valence-electron chi connectivity index (χ3n) is 3.18. The van der Waals surface area contributed by atoms with Crippen molar-refractivity contribution in [1.82, 2.24) is 5.32 Å². The second kappa shape index (κ2) is 4.13. The lowest BCUT2D eigenvalue weighted by Gasteiger charge is -2.31. The normalized spacial score (nSPS) is 25.6.